The predicted octanol–water partition coefficient (Wildman–Crippen LogP) is 2.22. The Bertz CT molecular complexity index is 371. The molecule has 1 amide bonds. The lowest BCUT2D eigenvalue weighted by Crippen LogP contribution is -2.47. The van der Waals surface area contributed by atoms with E-state index in [4.69, 9.17) is 5.73 Å². The summed E-state index contributed by atoms with van der Waals surface area (Å²) in [4.78, 5) is 14.3. The van der Waals surface area contributed by atoms with Crippen molar-refractivity contribution >= 4 is 17.2 Å². The van der Waals surface area contributed by atoms with Gasteiger partial charge in [0.15, 0.2) is 0 Å². The van der Waals surface area contributed by atoms with E-state index in [0.29, 0.717) is 12.6 Å². The molecule has 0 radical (unpaired) electrons. The second-order valence-corrected chi connectivity index (χ2v) is 5.88. The topological polar surface area (TPSA) is 46.3 Å². The van der Waals surface area contributed by atoms with Crippen LogP contribution in [0.2, 0.25) is 0 Å². The van der Waals surface area contributed by atoms with Gasteiger partial charge in [0.05, 0.1) is 6.04 Å². The number of carbonyl (C=O) groups is 1. The first-order valence-electron chi connectivity index (χ1n) is 6.16. The van der Waals surface area contributed by atoms with E-state index in [0.717, 1.165) is 12.8 Å². The normalized spacial score (nSPS) is 17.2. The number of thiophene rings is 1. The van der Waals surface area contributed by atoms with Crippen LogP contribution in [0.5, 0.6) is 0 Å². The fraction of sp³-hybridized carbons (Fsp3) is 0.615. The standard InChI is InChI=1S/C13H20N2OS/c1-9(2)12(14)13(16)15(11-3-4-11)7-10-5-6-17-8-10/h5-6,8-9,11-12H,3-4,7,14H2,1-2H3/t12-/m1/s1. The van der Waals surface area contributed by atoms with E-state index < -0.39 is 0 Å². The van der Waals surface area contributed by atoms with Crippen molar-refractivity contribution in [1.82, 2.24) is 4.90 Å². The van der Waals surface area contributed by atoms with Gasteiger partial charge in [-0.2, -0.15) is 11.3 Å². The number of nitrogens with two attached hydrogens (primary N) is 1. The summed E-state index contributed by atoms with van der Waals surface area (Å²) in [7, 11) is 0. The number of rotatable bonds is 5. The molecule has 0 spiro atoms. The fourth-order valence-corrected chi connectivity index (χ4v) is 2.49. The number of nitrogens with zero attached hydrogens (tertiary/aromatic N) is 1. The molecule has 1 aromatic heterocycles. The maximum Gasteiger partial charge on any atom is 0.240 e. The van der Waals surface area contributed by atoms with Gasteiger partial charge in [-0.1, -0.05) is 13.8 Å². The van der Waals surface area contributed by atoms with Crippen molar-refractivity contribution in [2.45, 2.75) is 45.3 Å². The van der Waals surface area contributed by atoms with Crippen LogP contribution in [0.1, 0.15) is 32.3 Å². The zero-order chi connectivity index (χ0) is 12.4. The van der Waals surface area contributed by atoms with Crippen LogP contribution in [-0.2, 0) is 11.3 Å². The van der Waals surface area contributed by atoms with E-state index in [-0.39, 0.29) is 17.9 Å². The lowest BCUT2D eigenvalue weighted by atomic mass is 10.0. The molecule has 2 rings (SSSR count). The monoisotopic (exact) mass is 252 g/mol. The molecule has 4 heteroatoms. The van der Waals surface area contributed by atoms with E-state index in [1.807, 2.05) is 24.1 Å². The van der Waals surface area contributed by atoms with Crippen LogP contribution in [0, 0.1) is 5.92 Å². The summed E-state index contributed by atoms with van der Waals surface area (Å²) < 4.78 is 0. The minimum absolute atomic E-state index is 0.105. The molecular weight excluding hydrogens is 232 g/mol. The Morgan fingerprint density at radius 3 is 2.76 bits per heavy atom. The van der Waals surface area contributed by atoms with Crippen LogP contribution in [0.25, 0.3) is 0 Å². The lowest BCUT2D eigenvalue weighted by Gasteiger charge is -2.27. The minimum atomic E-state index is -0.366. The molecule has 1 fully saturated rings. The molecule has 2 N–H and O–H groups in total. The van der Waals surface area contributed by atoms with Crippen molar-refractivity contribution in [2.75, 3.05) is 0 Å². The zero-order valence-electron chi connectivity index (χ0n) is 10.4. The van der Waals surface area contributed by atoms with Gasteiger partial charge in [0.1, 0.15) is 0 Å². The van der Waals surface area contributed by atoms with Gasteiger partial charge in [-0.3, -0.25) is 4.79 Å². The van der Waals surface area contributed by atoms with Crippen molar-refractivity contribution in [3.05, 3.63) is 22.4 Å². The Kier molecular flexibility index (Phi) is 3.84. The summed E-state index contributed by atoms with van der Waals surface area (Å²) in [5.41, 5.74) is 7.18. The largest absolute Gasteiger partial charge is 0.334 e. The maximum absolute atomic E-state index is 12.3. The quantitative estimate of drug-likeness (QED) is 0.873. The van der Waals surface area contributed by atoms with Crippen LogP contribution >= 0.6 is 11.3 Å². The summed E-state index contributed by atoms with van der Waals surface area (Å²) in [6.45, 7) is 4.71. The Morgan fingerprint density at radius 1 is 1.59 bits per heavy atom. The summed E-state index contributed by atoms with van der Waals surface area (Å²) in [6, 6.07) is 2.13. The van der Waals surface area contributed by atoms with Gasteiger partial charge < -0.3 is 10.6 Å². The highest BCUT2D eigenvalue weighted by Gasteiger charge is 2.35. The van der Waals surface area contributed by atoms with Crippen LogP contribution in [-0.4, -0.2) is 22.9 Å². The molecule has 17 heavy (non-hydrogen) atoms. The summed E-state index contributed by atoms with van der Waals surface area (Å²) in [5, 5.41) is 4.15. The molecule has 0 aromatic carbocycles. The van der Waals surface area contributed by atoms with Crippen LogP contribution in [0.3, 0.4) is 0 Å². The molecule has 1 atom stereocenters. The Balaban J connectivity index is 2.04. The van der Waals surface area contributed by atoms with Gasteiger partial charge in [-0.05, 0) is 41.1 Å². The molecule has 3 nitrogen and oxygen atoms in total. The molecule has 0 saturated heterocycles. The van der Waals surface area contributed by atoms with E-state index >= 15 is 0 Å². The van der Waals surface area contributed by atoms with Crippen molar-refractivity contribution in [3.8, 4) is 0 Å². The first kappa shape index (κ1) is 12.6. The van der Waals surface area contributed by atoms with Crippen LogP contribution in [0.15, 0.2) is 16.8 Å². The van der Waals surface area contributed by atoms with Gasteiger partial charge in [-0.15, -0.1) is 0 Å². The van der Waals surface area contributed by atoms with E-state index in [9.17, 15) is 4.79 Å². The van der Waals surface area contributed by atoms with Crippen LogP contribution < -0.4 is 5.73 Å². The fourth-order valence-electron chi connectivity index (χ4n) is 1.83. The van der Waals surface area contributed by atoms with Crippen LogP contribution in [0.4, 0.5) is 0 Å². The van der Waals surface area contributed by atoms with Crippen molar-refractivity contribution < 1.29 is 4.79 Å². The van der Waals surface area contributed by atoms with Crippen molar-refractivity contribution in [2.24, 2.45) is 11.7 Å². The number of carbonyl (C=O) groups excluding carboxylic acids is 1. The second-order valence-electron chi connectivity index (χ2n) is 5.10. The Hall–Kier alpha value is -0.870. The molecule has 0 unspecified atom stereocenters. The maximum atomic E-state index is 12.3. The third-order valence-corrected chi connectivity index (χ3v) is 3.94. The molecule has 94 valence electrons. The van der Waals surface area contributed by atoms with Gasteiger partial charge in [0.2, 0.25) is 5.91 Å². The third kappa shape index (κ3) is 3.07. The predicted molar refractivity (Wildman–Crippen MR) is 70.7 cm³/mol. The third-order valence-electron chi connectivity index (χ3n) is 3.21. The van der Waals surface area contributed by atoms with E-state index in [1.54, 1.807) is 11.3 Å². The molecule has 1 aliphatic rings. The van der Waals surface area contributed by atoms with Gasteiger partial charge in [0, 0.05) is 12.6 Å². The summed E-state index contributed by atoms with van der Waals surface area (Å²) >= 11 is 1.67. The first-order chi connectivity index (χ1) is 8.09. The lowest BCUT2D eigenvalue weighted by molar-refractivity contribution is -0.134. The highest BCUT2D eigenvalue weighted by molar-refractivity contribution is 7.07. The SMILES string of the molecule is CC(C)[C@@H](N)C(=O)N(Cc1ccsc1)C1CC1. The highest BCUT2D eigenvalue weighted by Crippen LogP contribution is 2.29. The number of hydrogen-bond acceptors (Lipinski definition) is 3. The summed E-state index contributed by atoms with van der Waals surface area (Å²) in [6.07, 6.45) is 2.25. The zero-order valence-corrected chi connectivity index (χ0v) is 11.2. The highest BCUT2D eigenvalue weighted by atomic mass is 32.1. The summed E-state index contributed by atoms with van der Waals surface area (Å²) in [5.74, 6) is 0.305. The smallest absolute Gasteiger partial charge is 0.240 e. The number of hydrogen-bond donors (Lipinski definition) is 1. The molecule has 1 heterocycles. The van der Waals surface area contributed by atoms with Gasteiger partial charge in [0.25, 0.3) is 0 Å². The minimum Gasteiger partial charge on any atom is -0.334 e. The average Bonchev–Trinajstić information content (AvgIpc) is 3.01. The van der Waals surface area contributed by atoms with Crippen molar-refractivity contribution in [1.29, 1.82) is 0 Å². The second kappa shape index (κ2) is 5.19. The average molecular weight is 252 g/mol. The van der Waals surface area contributed by atoms with Crippen molar-refractivity contribution in [3.63, 3.8) is 0 Å². The molecule has 1 saturated carbocycles. The Morgan fingerprint density at radius 2 is 2.29 bits per heavy atom. The van der Waals surface area contributed by atoms with Gasteiger partial charge in [-0.25, -0.2) is 0 Å². The molecule has 1 aromatic rings. The van der Waals surface area contributed by atoms with E-state index in [1.165, 1.54) is 5.56 Å². The molecule has 0 bridgehead atoms. The number of amides is 1. The molecular formula is C13H20N2OS. The molecule has 0 aliphatic heterocycles. The van der Waals surface area contributed by atoms with Gasteiger partial charge >= 0.3 is 0 Å². The molecule has 1 aliphatic carbocycles. The first-order valence-corrected chi connectivity index (χ1v) is 7.11. The van der Waals surface area contributed by atoms with E-state index in [2.05, 4.69) is 11.4 Å². The Labute approximate surface area is 107 Å².